The van der Waals surface area contributed by atoms with Crippen LogP contribution in [-0.4, -0.2) is 73.8 Å². The number of hydrogen-bond donors (Lipinski definition) is 2. The Morgan fingerprint density at radius 2 is 0.930 bits per heavy atom. The summed E-state index contributed by atoms with van der Waals surface area (Å²) in [6, 6.07) is 16.5. The predicted molar refractivity (Wildman–Crippen MR) is 159 cm³/mol. The number of hydrogen-bond acceptors (Lipinski definition) is 9. The highest BCUT2D eigenvalue weighted by Gasteiger charge is 2.27. The minimum absolute atomic E-state index is 0.0391. The topological polar surface area (TPSA) is 138 Å². The lowest BCUT2D eigenvalue weighted by Gasteiger charge is -2.23. The SMILES string of the molecule is CC(C)(C)OC(=O)N[C@@H](Cc1ccccc1)C(=O)OCCOCCOC(=O)[C@H](Cc1ccccc1)NC(=O)OC(C)(C)C. The van der Waals surface area contributed by atoms with Crippen LogP contribution in [0, 0.1) is 0 Å². The molecule has 11 heteroatoms. The van der Waals surface area contributed by atoms with Crippen molar-refractivity contribution in [1.82, 2.24) is 10.6 Å². The Hall–Kier alpha value is -4.12. The van der Waals surface area contributed by atoms with Crippen LogP contribution in [0.3, 0.4) is 0 Å². The van der Waals surface area contributed by atoms with Gasteiger partial charge in [0, 0.05) is 12.8 Å². The van der Waals surface area contributed by atoms with Crippen LogP contribution in [0.25, 0.3) is 0 Å². The van der Waals surface area contributed by atoms with Gasteiger partial charge in [-0.25, -0.2) is 19.2 Å². The van der Waals surface area contributed by atoms with Gasteiger partial charge in [0.05, 0.1) is 13.2 Å². The Balaban J connectivity index is 1.80. The predicted octanol–water partition coefficient (Wildman–Crippen LogP) is 4.36. The first-order valence-corrected chi connectivity index (χ1v) is 14.2. The molecule has 2 amide bonds. The fourth-order valence-corrected chi connectivity index (χ4v) is 3.69. The second-order valence-corrected chi connectivity index (χ2v) is 11.7. The summed E-state index contributed by atoms with van der Waals surface area (Å²) in [4.78, 5) is 50.1. The Kier molecular flexibility index (Phi) is 14.0. The van der Waals surface area contributed by atoms with Crippen LogP contribution in [0.5, 0.6) is 0 Å². The van der Waals surface area contributed by atoms with E-state index in [4.69, 9.17) is 23.7 Å². The van der Waals surface area contributed by atoms with Crippen molar-refractivity contribution in [1.29, 1.82) is 0 Å². The number of benzene rings is 2. The number of carbonyl (C=O) groups excluding carboxylic acids is 4. The van der Waals surface area contributed by atoms with Crippen molar-refractivity contribution in [3.05, 3.63) is 71.8 Å². The molecule has 0 aliphatic heterocycles. The Labute approximate surface area is 253 Å². The van der Waals surface area contributed by atoms with E-state index in [1.54, 1.807) is 41.5 Å². The van der Waals surface area contributed by atoms with Crippen LogP contribution < -0.4 is 10.6 Å². The standard InChI is InChI=1S/C32H44N2O9/c1-31(2,3)42-29(37)33-25(21-23-13-9-7-10-14-23)27(35)40-19-17-39-18-20-41-28(36)26(22-24-15-11-8-12-16-24)34-30(38)43-32(4,5)6/h7-16,25-26H,17-22H2,1-6H3,(H,33,37)(H,34,38)/t25-,26-/m0/s1. The van der Waals surface area contributed by atoms with Crippen molar-refractivity contribution in [2.75, 3.05) is 26.4 Å². The number of alkyl carbamates (subject to hydrolysis) is 2. The fourth-order valence-electron chi connectivity index (χ4n) is 3.69. The zero-order valence-electron chi connectivity index (χ0n) is 25.8. The largest absolute Gasteiger partial charge is 0.462 e. The van der Waals surface area contributed by atoms with E-state index in [9.17, 15) is 19.2 Å². The van der Waals surface area contributed by atoms with Gasteiger partial charge in [-0.05, 0) is 52.7 Å². The van der Waals surface area contributed by atoms with Gasteiger partial charge in [-0.15, -0.1) is 0 Å². The normalized spacial score (nSPS) is 12.8. The first-order chi connectivity index (χ1) is 20.2. The molecule has 0 saturated heterocycles. The Morgan fingerprint density at radius 3 is 1.26 bits per heavy atom. The first-order valence-electron chi connectivity index (χ1n) is 14.2. The summed E-state index contributed by atoms with van der Waals surface area (Å²) in [7, 11) is 0. The van der Waals surface area contributed by atoms with Gasteiger partial charge in [0.1, 0.15) is 36.5 Å². The lowest BCUT2D eigenvalue weighted by atomic mass is 10.1. The second kappa shape index (κ2) is 17.1. The third-order valence-corrected chi connectivity index (χ3v) is 5.46. The van der Waals surface area contributed by atoms with E-state index in [1.807, 2.05) is 60.7 Å². The smallest absolute Gasteiger partial charge is 0.408 e. The van der Waals surface area contributed by atoms with Crippen molar-refractivity contribution in [3.63, 3.8) is 0 Å². The quantitative estimate of drug-likeness (QED) is 0.184. The molecule has 0 fully saturated rings. The number of nitrogens with one attached hydrogen (secondary N) is 2. The molecule has 2 N–H and O–H groups in total. The fraction of sp³-hybridized carbons (Fsp3) is 0.500. The molecular weight excluding hydrogens is 556 g/mol. The molecule has 236 valence electrons. The highest BCUT2D eigenvalue weighted by atomic mass is 16.6. The van der Waals surface area contributed by atoms with Gasteiger partial charge in [0.25, 0.3) is 0 Å². The van der Waals surface area contributed by atoms with E-state index < -0.39 is 47.4 Å². The number of esters is 2. The minimum Gasteiger partial charge on any atom is -0.462 e. The van der Waals surface area contributed by atoms with Crippen molar-refractivity contribution >= 4 is 24.1 Å². The zero-order valence-corrected chi connectivity index (χ0v) is 25.8. The Bertz CT molecular complexity index is 1070. The molecule has 0 unspecified atom stereocenters. The van der Waals surface area contributed by atoms with E-state index in [1.165, 1.54) is 0 Å². The Morgan fingerprint density at radius 1 is 0.581 bits per heavy atom. The maximum Gasteiger partial charge on any atom is 0.408 e. The second-order valence-electron chi connectivity index (χ2n) is 11.7. The lowest BCUT2D eigenvalue weighted by Crippen LogP contribution is -2.45. The van der Waals surface area contributed by atoms with Gasteiger partial charge in [-0.3, -0.25) is 0 Å². The van der Waals surface area contributed by atoms with Gasteiger partial charge in [0.2, 0.25) is 0 Å². The zero-order chi connectivity index (χ0) is 31.9. The number of ether oxygens (including phenoxy) is 5. The molecule has 2 atom stereocenters. The molecule has 0 aliphatic carbocycles. The van der Waals surface area contributed by atoms with Gasteiger partial charge < -0.3 is 34.3 Å². The third kappa shape index (κ3) is 15.6. The van der Waals surface area contributed by atoms with Crippen LogP contribution in [0.15, 0.2) is 60.7 Å². The molecule has 43 heavy (non-hydrogen) atoms. The number of amides is 2. The van der Waals surface area contributed by atoms with E-state index in [0.717, 1.165) is 11.1 Å². The van der Waals surface area contributed by atoms with Gasteiger partial charge in [-0.2, -0.15) is 0 Å². The van der Waals surface area contributed by atoms with Crippen molar-refractivity contribution < 1.29 is 42.9 Å². The van der Waals surface area contributed by atoms with Gasteiger partial charge in [-0.1, -0.05) is 60.7 Å². The summed E-state index contributed by atoms with van der Waals surface area (Å²) in [5.41, 5.74) is 0.224. The first kappa shape index (κ1) is 35.1. The summed E-state index contributed by atoms with van der Waals surface area (Å²) in [5, 5.41) is 5.15. The summed E-state index contributed by atoms with van der Waals surface area (Å²) in [5.74, 6) is -1.27. The summed E-state index contributed by atoms with van der Waals surface area (Å²) >= 11 is 0. The summed E-state index contributed by atoms with van der Waals surface area (Å²) in [6.07, 6.45) is -1.01. The van der Waals surface area contributed by atoms with Crippen molar-refractivity contribution in [2.24, 2.45) is 0 Å². The molecule has 0 aliphatic rings. The minimum atomic E-state index is -0.961. The molecule has 0 heterocycles. The molecule has 2 aromatic carbocycles. The highest BCUT2D eigenvalue weighted by Crippen LogP contribution is 2.11. The van der Waals surface area contributed by atoms with E-state index in [2.05, 4.69) is 10.6 Å². The molecule has 0 spiro atoms. The van der Waals surface area contributed by atoms with Crippen molar-refractivity contribution in [3.8, 4) is 0 Å². The van der Waals surface area contributed by atoms with Crippen LogP contribution in [0.1, 0.15) is 52.7 Å². The molecule has 0 radical (unpaired) electrons. The van der Waals surface area contributed by atoms with E-state index in [-0.39, 0.29) is 39.3 Å². The molecule has 0 aromatic heterocycles. The maximum absolute atomic E-state index is 12.8. The molecule has 2 rings (SSSR count). The molecule has 0 bridgehead atoms. The third-order valence-electron chi connectivity index (χ3n) is 5.46. The highest BCUT2D eigenvalue weighted by molar-refractivity contribution is 5.82. The van der Waals surface area contributed by atoms with E-state index in [0.29, 0.717) is 0 Å². The maximum atomic E-state index is 12.8. The number of carbonyl (C=O) groups is 4. The van der Waals surface area contributed by atoms with Gasteiger partial charge in [0.15, 0.2) is 0 Å². The van der Waals surface area contributed by atoms with Crippen LogP contribution in [0.4, 0.5) is 9.59 Å². The molecular formula is C32H44N2O9. The summed E-state index contributed by atoms with van der Waals surface area (Å²) in [6.45, 7) is 10.3. The average Bonchev–Trinajstić information content (AvgIpc) is 2.90. The summed E-state index contributed by atoms with van der Waals surface area (Å²) < 4.78 is 26.7. The average molecular weight is 601 g/mol. The molecule has 0 saturated carbocycles. The monoisotopic (exact) mass is 600 g/mol. The number of rotatable bonds is 14. The molecule has 2 aromatic rings. The van der Waals surface area contributed by atoms with Crippen LogP contribution >= 0.6 is 0 Å². The van der Waals surface area contributed by atoms with Crippen LogP contribution in [-0.2, 0) is 46.1 Å². The molecule has 11 nitrogen and oxygen atoms in total. The van der Waals surface area contributed by atoms with Crippen molar-refractivity contribution in [2.45, 2.75) is 77.7 Å². The van der Waals surface area contributed by atoms with Crippen LogP contribution in [0.2, 0.25) is 0 Å². The van der Waals surface area contributed by atoms with Gasteiger partial charge >= 0.3 is 24.1 Å². The lowest BCUT2D eigenvalue weighted by molar-refractivity contribution is -0.149. The van der Waals surface area contributed by atoms with E-state index >= 15 is 0 Å².